The fraction of sp³-hybridized carbons (Fsp3) is 0.286. The molecule has 4 nitrogen and oxygen atoms in total. The summed E-state index contributed by atoms with van der Waals surface area (Å²) in [4.78, 5) is 14.3. The van der Waals surface area contributed by atoms with E-state index in [1.807, 2.05) is 0 Å². The third kappa shape index (κ3) is 1.60. The molecule has 1 aromatic heterocycles. The summed E-state index contributed by atoms with van der Waals surface area (Å²) in [6.07, 6.45) is 3.17. The first-order chi connectivity index (χ1) is 9.97. The van der Waals surface area contributed by atoms with Crippen LogP contribution in [0.15, 0.2) is 18.3 Å². The number of nitrogens with zero attached hydrogens (tertiary/aromatic N) is 3. The third-order valence-corrected chi connectivity index (χ3v) is 5.30. The molecule has 1 saturated carbocycles. The van der Waals surface area contributed by atoms with Crippen LogP contribution in [0, 0.1) is 9.39 Å². The molecule has 0 bridgehead atoms. The molecule has 2 aromatic rings. The van der Waals surface area contributed by atoms with E-state index >= 15 is 0 Å². The summed E-state index contributed by atoms with van der Waals surface area (Å²) in [6, 6.07) is 3.30. The van der Waals surface area contributed by atoms with E-state index in [1.54, 1.807) is 24.0 Å². The van der Waals surface area contributed by atoms with Crippen molar-refractivity contribution in [2.24, 2.45) is 7.05 Å². The molecule has 108 valence electrons. The topological polar surface area (TPSA) is 38.1 Å². The molecule has 4 rings (SSSR count). The molecular formula is C14H10ClFIN3O. The van der Waals surface area contributed by atoms with E-state index in [-0.39, 0.29) is 16.6 Å². The number of benzene rings is 1. The van der Waals surface area contributed by atoms with Crippen LogP contribution < -0.4 is 4.90 Å². The molecule has 0 unspecified atom stereocenters. The second-order valence-corrected chi connectivity index (χ2v) is 6.99. The number of anilines is 2. The normalized spacial score (nSPS) is 18.5. The van der Waals surface area contributed by atoms with Crippen molar-refractivity contribution < 1.29 is 9.18 Å². The number of carbonyl (C=O) groups excluding carboxylic acids is 1. The van der Waals surface area contributed by atoms with Gasteiger partial charge in [0.2, 0.25) is 5.91 Å². The van der Waals surface area contributed by atoms with E-state index in [0.29, 0.717) is 5.82 Å². The van der Waals surface area contributed by atoms with Gasteiger partial charge in [-0.3, -0.25) is 14.4 Å². The summed E-state index contributed by atoms with van der Waals surface area (Å²) < 4.78 is 17.0. The Kier molecular flexibility index (Phi) is 2.70. The molecule has 1 aliphatic carbocycles. The molecule has 0 atom stereocenters. The third-order valence-electron chi connectivity index (χ3n) is 4.25. The monoisotopic (exact) mass is 417 g/mol. The molecule has 21 heavy (non-hydrogen) atoms. The first-order valence-corrected chi connectivity index (χ1v) is 7.93. The highest BCUT2D eigenvalue weighted by Crippen LogP contribution is 2.60. The number of hydrogen-bond donors (Lipinski definition) is 0. The quantitative estimate of drug-likeness (QED) is 0.666. The van der Waals surface area contributed by atoms with E-state index in [4.69, 9.17) is 11.6 Å². The predicted octanol–water partition coefficient (Wildman–Crippen LogP) is 3.53. The lowest BCUT2D eigenvalue weighted by atomic mass is 9.98. The van der Waals surface area contributed by atoms with Gasteiger partial charge < -0.3 is 0 Å². The average molecular weight is 418 g/mol. The van der Waals surface area contributed by atoms with Crippen LogP contribution in [0.25, 0.3) is 0 Å². The van der Waals surface area contributed by atoms with E-state index in [0.717, 1.165) is 22.0 Å². The number of carbonyl (C=O) groups is 1. The highest BCUT2D eigenvalue weighted by atomic mass is 127. The highest BCUT2D eigenvalue weighted by molar-refractivity contribution is 14.1. The molecule has 0 radical (unpaired) electrons. The molecule has 1 aliphatic heterocycles. The molecule has 0 N–H and O–H groups in total. The predicted molar refractivity (Wildman–Crippen MR) is 85.4 cm³/mol. The lowest BCUT2D eigenvalue weighted by molar-refractivity contribution is -0.119. The Morgan fingerprint density at radius 2 is 2.14 bits per heavy atom. The van der Waals surface area contributed by atoms with Crippen LogP contribution in [-0.2, 0) is 17.3 Å². The van der Waals surface area contributed by atoms with E-state index in [1.165, 1.54) is 11.0 Å². The minimum Gasteiger partial charge on any atom is -0.273 e. The van der Waals surface area contributed by atoms with Crippen LogP contribution in [0.5, 0.6) is 0 Å². The Morgan fingerprint density at radius 3 is 2.71 bits per heavy atom. The Hall–Kier alpha value is -1.15. The van der Waals surface area contributed by atoms with Crippen molar-refractivity contribution in [3.63, 3.8) is 0 Å². The Balaban J connectivity index is 2.03. The van der Waals surface area contributed by atoms with Crippen molar-refractivity contribution in [1.29, 1.82) is 0 Å². The van der Waals surface area contributed by atoms with Gasteiger partial charge in [0.1, 0.15) is 0 Å². The molecule has 0 saturated heterocycles. The Labute approximate surface area is 139 Å². The van der Waals surface area contributed by atoms with Crippen molar-refractivity contribution in [2.45, 2.75) is 18.3 Å². The molecule has 1 aromatic carbocycles. The standard InChI is InChI=1S/C14H10ClFIN3O/c1-19-12(9(17)6-18-19)20-11-7(2-3-8(15)10(11)16)14(4-5-14)13(20)21/h2-3,6H,4-5H2,1H3. The number of hydrogen-bond acceptors (Lipinski definition) is 2. The summed E-state index contributed by atoms with van der Waals surface area (Å²) in [6.45, 7) is 0. The molecule has 1 spiro atoms. The first-order valence-electron chi connectivity index (χ1n) is 6.48. The maximum atomic E-state index is 14.6. The van der Waals surface area contributed by atoms with Crippen molar-refractivity contribution >= 4 is 51.6 Å². The van der Waals surface area contributed by atoms with E-state index in [9.17, 15) is 9.18 Å². The molecule has 7 heteroatoms. The molecule has 2 heterocycles. The zero-order chi connectivity index (χ0) is 14.9. The fourth-order valence-corrected chi connectivity index (χ4v) is 3.91. The van der Waals surface area contributed by atoms with Gasteiger partial charge in [-0.05, 0) is 47.1 Å². The summed E-state index contributed by atoms with van der Waals surface area (Å²) in [7, 11) is 1.74. The number of aromatic nitrogens is 2. The van der Waals surface area contributed by atoms with Crippen molar-refractivity contribution in [3.05, 3.63) is 38.3 Å². The number of amides is 1. The lowest BCUT2D eigenvalue weighted by Crippen LogP contribution is -2.30. The lowest BCUT2D eigenvalue weighted by Gasteiger charge is -2.19. The first kappa shape index (κ1) is 13.5. The summed E-state index contributed by atoms with van der Waals surface area (Å²) in [5.74, 6) is -0.0322. The van der Waals surface area contributed by atoms with Gasteiger partial charge in [-0.2, -0.15) is 5.10 Å². The van der Waals surface area contributed by atoms with Gasteiger partial charge in [0.05, 0.1) is 25.9 Å². The highest BCUT2D eigenvalue weighted by Gasteiger charge is 2.61. The molecule has 1 fully saturated rings. The van der Waals surface area contributed by atoms with Crippen molar-refractivity contribution in [3.8, 4) is 0 Å². The minimum absolute atomic E-state index is 0.0291. The van der Waals surface area contributed by atoms with Gasteiger partial charge in [-0.15, -0.1) is 0 Å². The van der Waals surface area contributed by atoms with Crippen LogP contribution in [0.1, 0.15) is 18.4 Å². The second-order valence-electron chi connectivity index (χ2n) is 5.42. The van der Waals surface area contributed by atoms with Gasteiger partial charge >= 0.3 is 0 Å². The molecule has 2 aliphatic rings. The zero-order valence-electron chi connectivity index (χ0n) is 11.0. The summed E-state index contributed by atoms with van der Waals surface area (Å²) >= 11 is 8.02. The SMILES string of the molecule is Cn1ncc(I)c1N1C(=O)C2(CC2)c2ccc(Cl)c(F)c21. The van der Waals surface area contributed by atoms with Crippen molar-refractivity contribution in [2.75, 3.05) is 4.90 Å². The number of fused-ring (bicyclic) bond motifs is 2. The van der Waals surface area contributed by atoms with Gasteiger partial charge in [-0.1, -0.05) is 17.7 Å². The van der Waals surface area contributed by atoms with Gasteiger partial charge in [-0.25, -0.2) is 4.39 Å². The summed E-state index contributed by atoms with van der Waals surface area (Å²) in [5, 5.41) is 4.18. The zero-order valence-corrected chi connectivity index (χ0v) is 13.9. The average Bonchev–Trinajstić information content (AvgIpc) is 3.14. The largest absolute Gasteiger partial charge is 0.273 e. The van der Waals surface area contributed by atoms with Gasteiger partial charge in [0.15, 0.2) is 11.6 Å². The number of halogens is 3. The van der Waals surface area contributed by atoms with Gasteiger partial charge in [0, 0.05) is 7.05 Å². The Morgan fingerprint density at radius 1 is 1.43 bits per heavy atom. The molecule has 1 amide bonds. The minimum atomic E-state index is -0.561. The van der Waals surface area contributed by atoms with Crippen LogP contribution in [0.2, 0.25) is 5.02 Å². The van der Waals surface area contributed by atoms with Crippen molar-refractivity contribution in [1.82, 2.24) is 9.78 Å². The number of rotatable bonds is 1. The second kappa shape index (κ2) is 4.19. The fourth-order valence-electron chi connectivity index (χ4n) is 3.04. The molecular weight excluding hydrogens is 408 g/mol. The van der Waals surface area contributed by atoms with Crippen LogP contribution in [0.4, 0.5) is 15.9 Å². The van der Waals surface area contributed by atoms with E-state index < -0.39 is 11.2 Å². The van der Waals surface area contributed by atoms with Gasteiger partial charge in [0.25, 0.3) is 0 Å². The maximum Gasteiger partial charge on any atom is 0.243 e. The van der Waals surface area contributed by atoms with Crippen LogP contribution >= 0.6 is 34.2 Å². The maximum absolute atomic E-state index is 14.6. The van der Waals surface area contributed by atoms with Crippen LogP contribution in [-0.4, -0.2) is 15.7 Å². The number of aryl methyl sites for hydroxylation is 1. The Bertz CT molecular complexity index is 780. The smallest absolute Gasteiger partial charge is 0.243 e. The summed E-state index contributed by atoms with van der Waals surface area (Å²) in [5.41, 5.74) is 0.464. The van der Waals surface area contributed by atoms with Crippen LogP contribution in [0.3, 0.4) is 0 Å². The van der Waals surface area contributed by atoms with E-state index in [2.05, 4.69) is 27.7 Å².